The van der Waals surface area contributed by atoms with E-state index in [2.05, 4.69) is 15.2 Å². The van der Waals surface area contributed by atoms with E-state index in [9.17, 15) is 5.11 Å². The third kappa shape index (κ3) is 2.65. The van der Waals surface area contributed by atoms with Gasteiger partial charge >= 0.3 is 0 Å². The summed E-state index contributed by atoms with van der Waals surface area (Å²) in [5.74, 6) is 0.296. The molecule has 4 nitrogen and oxygen atoms in total. The summed E-state index contributed by atoms with van der Waals surface area (Å²) >= 11 is 0. The molecule has 98 valence electrons. The van der Waals surface area contributed by atoms with E-state index in [0.717, 1.165) is 24.0 Å². The SMILES string of the molecule is Cc1ccc(O)c(CNC2CCN(C3CC3)C2)n1. The van der Waals surface area contributed by atoms with E-state index in [1.165, 1.54) is 25.8 Å². The number of hydrogen-bond acceptors (Lipinski definition) is 4. The molecule has 1 saturated carbocycles. The molecule has 4 heteroatoms. The van der Waals surface area contributed by atoms with Gasteiger partial charge in [-0.15, -0.1) is 0 Å². The summed E-state index contributed by atoms with van der Waals surface area (Å²) in [7, 11) is 0. The minimum atomic E-state index is 0.296. The summed E-state index contributed by atoms with van der Waals surface area (Å²) < 4.78 is 0. The minimum absolute atomic E-state index is 0.296. The Balaban J connectivity index is 1.53. The first-order valence-electron chi connectivity index (χ1n) is 6.85. The number of pyridine rings is 1. The average Bonchev–Trinajstić information content (AvgIpc) is 3.10. The Morgan fingerprint density at radius 2 is 2.22 bits per heavy atom. The van der Waals surface area contributed by atoms with Crippen LogP contribution in [0.15, 0.2) is 12.1 Å². The second-order valence-electron chi connectivity index (χ2n) is 5.51. The van der Waals surface area contributed by atoms with E-state index in [0.29, 0.717) is 18.3 Å². The summed E-state index contributed by atoms with van der Waals surface area (Å²) in [5, 5.41) is 13.3. The van der Waals surface area contributed by atoms with Crippen molar-refractivity contribution in [3.8, 4) is 5.75 Å². The van der Waals surface area contributed by atoms with Crippen LogP contribution < -0.4 is 5.32 Å². The first-order valence-corrected chi connectivity index (χ1v) is 6.85. The summed E-state index contributed by atoms with van der Waals surface area (Å²) in [4.78, 5) is 6.96. The van der Waals surface area contributed by atoms with Crippen molar-refractivity contribution in [1.82, 2.24) is 15.2 Å². The molecular formula is C14H21N3O. The van der Waals surface area contributed by atoms with Crippen LogP contribution in [-0.2, 0) is 6.54 Å². The van der Waals surface area contributed by atoms with E-state index in [-0.39, 0.29) is 0 Å². The molecule has 1 aliphatic heterocycles. The van der Waals surface area contributed by atoms with Crippen molar-refractivity contribution in [3.63, 3.8) is 0 Å². The van der Waals surface area contributed by atoms with Gasteiger partial charge in [-0.1, -0.05) is 0 Å². The van der Waals surface area contributed by atoms with Gasteiger partial charge in [0, 0.05) is 37.4 Å². The number of nitrogens with one attached hydrogen (secondary N) is 1. The van der Waals surface area contributed by atoms with Crippen molar-refractivity contribution in [2.75, 3.05) is 13.1 Å². The lowest BCUT2D eigenvalue weighted by atomic mass is 10.2. The van der Waals surface area contributed by atoms with Gasteiger partial charge in [0.25, 0.3) is 0 Å². The monoisotopic (exact) mass is 247 g/mol. The van der Waals surface area contributed by atoms with Crippen molar-refractivity contribution in [2.45, 2.75) is 44.8 Å². The highest BCUT2D eigenvalue weighted by Crippen LogP contribution is 2.29. The van der Waals surface area contributed by atoms with Gasteiger partial charge in [0.2, 0.25) is 0 Å². The molecule has 0 radical (unpaired) electrons. The molecule has 0 bridgehead atoms. The predicted molar refractivity (Wildman–Crippen MR) is 70.5 cm³/mol. The van der Waals surface area contributed by atoms with Crippen LogP contribution in [0.25, 0.3) is 0 Å². The highest BCUT2D eigenvalue weighted by molar-refractivity contribution is 5.27. The topological polar surface area (TPSA) is 48.4 Å². The fraction of sp³-hybridized carbons (Fsp3) is 0.643. The van der Waals surface area contributed by atoms with E-state index < -0.39 is 0 Å². The highest BCUT2D eigenvalue weighted by atomic mass is 16.3. The molecule has 1 aromatic heterocycles. The van der Waals surface area contributed by atoms with Gasteiger partial charge in [-0.25, -0.2) is 0 Å². The number of aryl methyl sites for hydroxylation is 1. The van der Waals surface area contributed by atoms with Crippen molar-refractivity contribution < 1.29 is 5.11 Å². The van der Waals surface area contributed by atoms with Gasteiger partial charge in [0.05, 0.1) is 5.69 Å². The van der Waals surface area contributed by atoms with Crippen molar-refractivity contribution in [2.24, 2.45) is 0 Å². The number of aromatic hydroxyl groups is 1. The lowest BCUT2D eigenvalue weighted by Crippen LogP contribution is -2.33. The Morgan fingerprint density at radius 3 is 3.00 bits per heavy atom. The molecular weight excluding hydrogens is 226 g/mol. The Labute approximate surface area is 108 Å². The summed E-state index contributed by atoms with van der Waals surface area (Å²) in [6, 6.07) is 4.97. The largest absolute Gasteiger partial charge is 0.506 e. The van der Waals surface area contributed by atoms with Crippen molar-refractivity contribution in [1.29, 1.82) is 0 Å². The van der Waals surface area contributed by atoms with Crippen molar-refractivity contribution in [3.05, 3.63) is 23.5 Å². The molecule has 0 spiro atoms. The Bertz CT molecular complexity index is 431. The van der Waals surface area contributed by atoms with Crippen LogP contribution in [0.4, 0.5) is 0 Å². The van der Waals surface area contributed by atoms with Gasteiger partial charge in [0.1, 0.15) is 5.75 Å². The molecule has 1 saturated heterocycles. The molecule has 1 atom stereocenters. The Kier molecular flexibility index (Phi) is 3.22. The molecule has 2 aliphatic rings. The van der Waals surface area contributed by atoms with E-state index in [1.807, 2.05) is 13.0 Å². The predicted octanol–water partition coefficient (Wildman–Crippen LogP) is 1.42. The van der Waals surface area contributed by atoms with Gasteiger partial charge < -0.3 is 10.4 Å². The normalized spacial score (nSPS) is 24.6. The fourth-order valence-electron chi connectivity index (χ4n) is 2.70. The second-order valence-corrected chi connectivity index (χ2v) is 5.51. The van der Waals surface area contributed by atoms with Gasteiger partial charge in [0.15, 0.2) is 0 Å². The summed E-state index contributed by atoms with van der Waals surface area (Å²) in [6.45, 7) is 4.98. The zero-order chi connectivity index (χ0) is 12.5. The number of aromatic nitrogens is 1. The molecule has 2 heterocycles. The van der Waals surface area contributed by atoms with Gasteiger partial charge in [-0.3, -0.25) is 9.88 Å². The lowest BCUT2D eigenvalue weighted by Gasteiger charge is -2.16. The third-order valence-electron chi connectivity index (χ3n) is 3.93. The second kappa shape index (κ2) is 4.86. The molecule has 3 rings (SSSR count). The molecule has 0 aromatic carbocycles. The lowest BCUT2D eigenvalue weighted by molar-refractivity contribution is 0.317. The quantitative estimate of drug-likeness (QED) is 0.845. The molecule has 1 aliphatic carbocycles. The first kappa shape index (κ1) is 11.9. The van der Waals surface area contributed by atoms with Crippen molar-refractivity contribution >= 4 is 0 Å². The molecule has 1 aromatic rings. The van der Waals surface area contributed by atoms with Crippen LogP contribution in [0.2, 0.25) is 0 Å². The number of rotatable bonds is 4. The van der Waals surface area contributed by atoms with Crippen LogP contribution in [0, 0.1) is 6.92 Å². The fourth-order valence-corrected chi connectivity index (χ4v) is 2.70. The average molecular weight is 247 g/mol. The van der Waals surface area contributed by atoms with Crippen LogP contribution in [0.1, 0.15) is 30.7 Å². The number of likely N-dealkylation sites (tertiary alicyclic amines) is 1. The molecule has 18 heavy (non-hydrogen) atoms. The maximum atomic E-state index is 9.75. The molecule has 0 amide bonds. The maximum absolute atomic E-state index is 9.75. The van der Waals surface area contributed by atoms with Gasteiger partial charge in [-0.2, -0.15) is 0 Å². The van der Waals surface area contributed by atoms with Crippen LogP contribution in [0.5, 0.6) is 5.75 Å². The number of hydrogen-bond donors (Lipinski definition) is 2. The molecule has 1 unspecified atom stereocenters. The van der Waals surface area contributed by atoms with Gasteiger partial charge in [-0.05, 0) is 38.3 Å². The van der Waals surface area contributed by atoms with E-state index in [4.69, 9.17) is 0 Å². The van der Waals surface area contributed by atoms with Crippen LogP contribution >= 0.6 is 0 Å². The standard InChI is InChI=1S/C14H21N3O/c1-10-2-5-14(18)13(16-10)8-15-11-6-7-17(9-11)12-3-4-12/h2,5,11-12,15,18H,3-4,6-9H2,1H3. The first-order chi connectivity index (χ1) is 8.72. The maximum Gasteiger partial charge on any atom is 0.138 e. The highest BCUT2D eigenvalue weighted by Gasteiger charge is 2.34. The van der Waals surface area contributed by atoms with Crippen LogP contribution in [0.3, 0.4) is 0 Å². The zero-order valence-electron chi connectivity index (χ0n) is 10.9. The van der Waals surface area contributed by atoms with Crippen LogP contribution in [-0.4, -0.2) is 40.2 Å². The van der Waals surface area contributed by atoms with E-state index >= 15 is 0 Å². The molecule has 2 fully saturated rings. The summed E-state index contributed by atoms with van der Waals surface area (Å²) in [6.07, 6.45) is 3.98. The Morgan fingerprint density at radius 1 is 1.39 bits per heavy atom. The van der Waals surface area contributed by atoms with E-state index in [1.54, 1.807) is 6.07 Å². The summed E-state index contributed by atoms with van der Waals surface area (Å²) in [5.41, 5.74) is 1.72. The minimum Gasteiger partial charge on any atom is -0.506 e. The zero-order valence-corrected chi connectivity index (χ0v) is 10.9. The number of nitrogens with zero attached hydrogens (tertiary/aromatic N) is 2. The Hall–Kier alpha value is -1.13. The smallest absolute Gasteiger partial charge is 0.138 e. The molecule has 2 N–H and O–H groups in total. The third-order valence-corrected chi connectivity index (χ3v) is 3.93.